The molecule has 2 bridgehead atoms. The number of hydrogen-bond donors (Lipinski definition) is 0. The van der Waals surface area contributed by atoms with Crippen molar-refractivity contribution in [1.82, 2.24) is 9.80 Å². The zero-order chi connectivity index (χ0) is 16.5. The number of nitrogens with zero attached hydrogens (tertiary/aromatic N) is 2. The van der Waals surface area contributed by atoms with Crippen molar-refractivity contribution in [3.8, 4) is 11.1 Å². The summed E-state index contributed by atoms with van der Waals surface area (Å²) in [7, 11) is 2.20. The zero-order valence-corrected chi connectivity index (χ0v) is 14.2. The van der Waals surface area contributed by atoms with Crippen LogP contribution in [0.4, 0.5) is 0 Å². The lowest BCUT2D eigenvalue weighted by atomic mass is 9.96. The maximum atomic E-state index is 13.1. The number of benzene rings is 2. The first kappa shape index (κ1) is 15.4. The molecule has 0 radical (unpaired) electrons. The Hall–Kier alpha value is -2.13. The van der Waals surface area contributed by atoms with E-state index in [2.05, 4.69) is 35.0 Å². The largest absolute Gasteiger partial charge is 0.337 e. The second-order valence-electron chi connectivity index (χ2n) is 7.19. The summed E-state index contributed by atoms with van der Waals surface area (Å²) in [6.45, 7) is 2.88. The topological polar surface area (TPSA) is 23.6 Å². The van der Waals surface area contributed by atoms with Gasteiger partial charge in [0.2, 0.25) is 0 Å². The first-order valence-corrected chi connectivity index (χ1v) is 8.86. The van der Waals surface area contributed by atoms with Crippen LogP contribution in [0.1, 0.15) is 23.2 Å². The van der Waals surface area contributed by atoms with Crippen LogP contribution < -0.4 is 0 Å². The molecule has 5 rings (SSSR count). The summed E-state index contributed by atoms with van der Waals surface area (Å²) in [6.07, 6.45) is 2.47. The Kier molecular flexibility index (Phi) is 4.11. The molecule has 24 heavy (non-hydrogen) atoms. The van der Waals surface area contributed by atoms with Crippen molar-refractivity contribution in [1.29, 1.82) is 0 Å². The van der Waals surface area contributed by atoms with Gasteiger partial charge in [0.15, 0.2) is 0 Å². The van der Waals surface area contributed by atoms with Crippen LogP contribution in [0.5, 0.6) is 0 Å². The van der Waals surface area contributed by atoms with Gasteiger partial charge in [-0.1, -0.05) is 42.5 Å². The van der Waals surface area contributed by atoms with Crippen LogP contribution in [0, 0.1) is 5.92 Å². The summed E-state index contributed by atoms with van der Waals surface area (Å²) in [5.41, 5.74) is 3.07. The summed E-state index contributed by atoms with van der Waals surface area (Å²) in [5, 5.41) is 0. The number of fused-ring (bicyclic) bond motifs is 4. The third kappa shape index (κ3) is 2.96. The quantitative estimate of drug-likeness (QED) is 0.845. The smallest absolute Gasteiger partial charge is 0.253 e. The van der Waals surface area contributed by atoms with Crippen LogP contribution in [-0.4, -0.2) is 48.4 Å². The Morgan fingerprint density at radius 2 is 1.71 bits per heavy atom. The molecule has 2 atom stereocenters. The number of hydrogen-bond acceptors (Lipinski definition) is 2. The predicted octanol–water partition coefficient (Wildman–Crippen LogP) is 3.52. The molecule has 3 saturated heterocycles. The van der Waals surface area contributed by atoms with E-state index >= 15 is 0 Å². The van der Waals surface area contributed by atoms with E-state index in [1.165, 1.54) is 12.8 Å². The van der Waals surface area contributed by atoms with Crippen LogP contribution >= 0.6 is 0 Å². The molecule has 0 saturated carbocycles. The summed E-state index contributed by atoms with van der Waals surface area (Å²) >= 11 is 0. The molecule has 124 valence electrons. The summed E-state index contributed by atoms with van der Waals surface area (Å²) in [6, 6.07) is 18.8. The van der Waals surface area contributed by atoms with Crippen LogP contribution in [0.3, 0.4) is 0 Å². The first-order valence-electron chi connectivity index (χ1n) is 8.86. The first-order chi connectivity index (χ1) is 11.7. The van der Waals surface area contributed by atoms with Crippen molar-refractivity contribution in [2.24, 2.45) is 5.92 Å². The Bertz CT molecular complexity index is 728. The second-order valence-corrected chi connectivity index (χ2v) is 7.19. The molecule has 3 aliphatic heterocycles. The predicted molar refractivity (Wildman–Crippen MR) is 96.9 cm³/mol. The lowest BCUT2D eigenvalue weighted by Gasteiger charge is -2.32. The van der Waals surface area contributed by atoms with Crippen LogP contribution in [-0.2, 0) is 0 Å². The minimum absolute atomic E-state index is 0.181. The van der Waals surface area contributed by atoms with Crippen molar-refractivity contribution in [3.05, 3.63) is 60.2 Å². The SMILES string of the molecule is CN1C[C@H]2CC[C@@H]1CN(C(=O)c1cccc(-c3ccccc3)c1)C2. The van der Waals surface area contributed by atoms with Gasteiger partial charge in [0, 0.05) is 31.2 Å². The monoisotopic (exact) mass is 320 g/mol. The molecule has 0 unspecified atom stereocenters. The van der Waals surface area contributed by atoms with Gasteiger partial charge in [0.1, 0.15) is 0 Å². The van der Waals surface area contributed by atoms with Gasteiger partial charge in [-0.2, -0.15) is 0 Å². The number of piperidine rings is 1. The standard InChI is InChI=1S/C21H24N2O/c1-22-13-16-10-11-20(22)15-23(14-16)21(24)19-9-5-8-18(12-19)17-6-3-2-4-7-17/h2-9,12,16,20H,10-11,13-15H2,1H3/t16-,20-/m1/s1. The average Bonchev–Trinajstić information content (AvgIpc) is 2.93. The van der Waals surface area contributed by atoms with Crippen LogP contribution in [0.25, 0.3) is 11.1 Å². The van der Waals surface area contributed by atoms with E-state index in [1.54, 1.807) is 0 Å². The molecule has 3 heterocycles. The molecule has 1 amide bonds. The van der Waals surface area contributed by atoms with Crippen molar-refractivity contribution in [2.45, 2.75) is 18.9 Å². The number of amides is 1. The molecular formula is C21H24N2O. The summed E-state index contributed by atoms with van der Waals surface area (Å²) in [4.78, 5) is 17.6. The fourth-order valence-corrected chi connectivity index (χ4v) is 4.13. The van der Waals surface area contributed by atoms with E-state index in [1.807, 2.05) is 36.4 Å². The maximum Gasteiger partial charge on any atom is 0.253 e. The number of rotatable bonds is 2. The lowest BCUT2D eigenvalue weighted by molar-refractivity contribution is 0.0742. The third-order valence-electron chi connectivity index (χ3n) is 5.49. The number of likely N-dealkylation sites (N-methyl/N-ethyl adjacent to an activating group) is 1. The van der Waals surface area contributed by atoms with E-state index in [9.17, 15) is 4.79 Å². The molecule has 3 nitrogen and oxygen atoms in total. The maximum absolute atomic E-state index is 13.1. The van der Waals surface area contributed by atoms with Crippen molar-refractivity contribution in [3.63, 3.8) is 0 Å². The molecule has 3 aliphatic rings. The van der Waals surface area contributed by atoms with Gasteiger partial charge >= 0.3 is 0 Å². The van der Waals surface area contributed by atoms with Crippen molar-refractivity contribution in [2.75, 3.05) is 26.7 Å². The van der Waals surface area contributed by atoms with Gasteiger partial charge in [0.05, 0.1) is 0 Å². The second kappa shape index (κ2) is 6.40. The highest BCUT2D eigenvalue weighted by Gasteiger charge is 2.34. The summed E-state index contributed by atoms with van der Waals surface area (Å²) < 4.78 is 0. The van der Waals surface area contributed by atoms with Gasteiger partial charge in [0.25, 0.3) is 5.91 Å². The Morgan fingerprint density at radius 3 is 2.50 bits per heavy atom. The highest BCUT2D eigenvalue weighted by Crippen LogP contribution is 2.28. The fraction of sp³-hybridized carbons (Fsp3) is 0.381. The lowest BCUT2D eigenvalue weighted by Crippen LogP contribution is -2.41. The third-order valence-corrected chi connectivity index (χ3v) is 5.49. The van der Waals surface area contributed by atoms with Crippen LogP contribution in [0.2, 0.25) is 0 Å². The molecule has 0 N–H and O–H groups in total. The highest BCUT2D eigenvalue weighted by molar-refractivity contribution is 5.95. The normalized spacial score (nSPS) is 24.0. The molecule has 3 fully saturated rings. The minimum Gasteiger partial charge on any atom is -0.337 e. The van der Waals surface area contributed by atoms with Gasteiger partial charge in [-0.3, -0.25) is 4.79 Å². The van der Waals surface area contributed by atoms with Crippen LogP contribution in [0.15, 0.2) is 54.6 Å². The van der Waals surface area contributed by atoms with E-state index < -0.39 is 0 Å². The molecule has 3 heteroatoms. The van der Waals surface area contributed by atoms with Crippen molar-refractivity contribution >= 4 is 5.91 Å². The van der Waals surface area contributed by atoms with E-state index in [0.717, 1.165) is 36.3 Å². The molecule has 0 aliphatic carbocycles. The fourth-order valence-electron chi connectivity index (χ4n) is 4.13. The Balaban J connectivity index is 1.59. The Morgan fingerprint density at radius 1 is 0.917 bits per heavy atom. The van der Waals surface area contributed by atoms with Gasteiger partial charge < -0.3 is 9.80 Å². The van der Waals surface area contributed by atoms with E-state index in [-0.39, 0.29) is 5.91 Å². The average molecular weight is 320 g/mol. The highest BCUT2D eigenvalue weighted by atomic mass is 16.2. The Labute approximate surface area is 143 Å². The van der Waals surface area contributed by atoms with E-state index in [4.69, 9.17) is 0 Å². The minimum atomic E-state index is 0.181. The molecule has 2 aromatic carbocycles. The molecule has 0 spiro atoms. The van der Waals surface area contributed by atoms with Gasteiger partial charge in [-0.15, -0.1) is 0 Å². The molecule has 0 aromatic heterocycles. The zero-order valence-electron chi connectivity index (χ0n) is 14.2. The summed E-state index contributed by atoms with van der Waals surface area (Å²) in [5.74, 6) is 0.801. The van der Waals surface area contributed by atoms with Gasteiger partial charge in [-0.25, -0.2) is 0 Å². The molecular weight excluding hydrogens is 296 g/mol. The number of carbonyl (C=O) groups is 1. The molecule has 2 aromatic rings. The number of carbonyl (C=O) groups excluding carboxylic acids is 1. The van der Waals surface area contributed by atoms with Crippen molar-refractivity contribution < 1.29 is 4.79 Å². The van der Waals surface area contributed by atoms with E-state index in [0.29, 0.717) is 12.0 Å². The van der Waals surface area contributed by atoms with Gasteiger partial charge in [-0.05, 0) is 49.1 Å².